The summed E-state index contributed by atoms with van der Waals surface area (Å²) in [6, 6.07) is 5.69. The largest absolute Gasteiger partial charge is 0.470 e. The van der Waals surface area contributed by atoms with Gasteiger partial charge in [0.15, 0.2) is 5.82 Å². The van der Waals surface area contributed by atoms with Crippen LogP contribution >= 0.6 is 0 Å². The zero-order chi connectivity index (χ0) is 27.7. The Morgan fingerprint density at radius 2 is 1.92 bits per heavy atom. The Bertz CT molecular complexity index is 1310. The number of hydrogen-bond donors (Lipinski definition) is 1. The maximum atomic E-state index is 14.4. The van der Waals surface area contributed by atoms with Crippen LogP contribution in [-0.2, 0) is 0 Å². The van der Waals surface area contributed by atoms with Gasteiger partial charge in [-0.15, -0.1) is 0 Å². The van der Waals surface area contributed by atoms with E-state index in [4.69, 9.17) is 15.0 Å². The summed E-state index contributed by atoms with van der Waals surface area (Å²) in [5.41, 5.74) is 8.55. The molecular formula is C29H36F2N6O2. The summed E-state index contributed by atoms with van der Waals surface area (Å²) in [7, 11) is 0. The van der Waals surface area contributed by atoms with E-state index in [0.29, 0.717) is 30.5 Å². The molecule has 1 aromatic carbocycles. The normalized spacial score (nSPS) is 21.0. The van der Waals surface area contributed by atoms with Crippen molar-refractivity contribution in [3.8, 4) is 5.88 Å². The van der Waals surface area contributed by atoms with Crippen LogP contribution in [0.15, 0.2) is 47.6 Å². The molecule has 0 spiro atoms. The molecule has 2 aliphatic heterocycles. The monoisotopic (exact) mass is 538 g/mol. The first-order valence-corrected chi connectivity index (χ1v) is 13.5. The molecule has 39 heavy (non-hydrogen) atoms. The van der Waals surface area contributed by atoms with Crippen molar-refractivity contribution in [3.05, 3.63) is 71.7 Å². The lowest BCUT2D eigenvalue weighted by molar-refractivity contribution is 0.150. The minimum Gasteiger partial charge on any atom is -0.470 e. The number of benzene rings is 1. The average Bonchev–Trinajstić information content (AvgIpc) is 3.56. The summed E-state index contributed by atoms with van der Waals surface area (Å²) < 4.78 is 39.9. The minimum absolute atomic E-state index is 0.181. The molecule has 0 radical (unpaired) electrons. The molecule has 2 saturated heterocycles. The second kappa shape index (κ2) is 11.3. The summed E-state index contributed by atoms with van der Waals surface area (Å²) >= 11 is 0. The summed E-state index contributed by atoms with van der Waals surface area (Å²) in [6.07, 6.45) is 5.23. The second-order valence-corrected chi connectivity index (χ2v) is 10.9. The van der Waals surface area contributed by atoms with Gasteiger partial charge < -0.3 is 24.8 Å². The molecule has 0 aliphatic carbocycles. The maximum Gasteiger partial charge on any atom is 0.324 e. The summed E-state index contributed by atoms with van der Waals surface area (Å²) in [5.74, 6) is 0.545. The van der Waals surface area contributed by atoms with Gasteiger partial charge >= 0.3 is 6.01 Å². The van der Waals surface area contributed by atoms with Gasteiger partial charge in [0.1, 0.15) is 17.7 Å². The van der Waals surface area contributed by atoms with Crippen LogP contribution in [-0.4, -0.2) is 53.4 Å². The molecule has 2 N–H and O–H groups in total. The number of piperidine rings is 1. The molecule has 208 valence electrons. The highest BCUT2D eigenvalue weighted by Gasteiger charge is 2.34. The molecule has 8 nitrogen and oxygen atoms in total. The van der Waals surface area contributed by atoms with Crippen molar-refractivity contribution < 1.29 is 18.0 Å². The van der Waals surface area contributed by atoms with Crippen molar-refractivity contribution in [1.82, 2.24) is 15.1 Å². The highest BCUT2D eigenvalue weighted by molar-refractivity contribution is 5.55. The number of nitrogens with two attached hydrogens (primary N) is 1. The number of anilines is 2. The standard InChI is InChI=1S/C29H36F2N6O2/c1-5-26(19-8-10-36(11-9-19)29-34-28(17(2)3)35-39-29)38-27-12-18(4)25(14-33-27)37-15-22(24(32)16-37)21-13-20(30)6-7-23(21)31/h5-7,12-14,17,19,22,24,26H,1,8-11,15-16,32H2,2-4H3. The first-order chi connectivity index (χ1) is 18.7. The number of aryl methyl sites for hydroxylation is 1. The van der Waals surface area contributed by atoms with Crippen LogP contribution < -0.4 is 20.3 Å². The topological polar surface area (TPSA) is 93.5 Å². The number of ether oxygens (including phenoxy) is 1. The highest BCUT2D eigenvalue weighted by Crippen LogP contribution is 2.34. The van der Waals surface area contributed by atoms with E-state index in [2.05, 4.69) is 31.5 Å². The highest BCUT2D eigenvalue weighted by atomic mass is 19.1. The molecule has 4 heterocycles. The minimum atomic E-state index is -0.464. The molecule has 3 aromatic rings. The van der Waals surface area contributed by atoms with E-state index in [0.717, 1.165) is 55.1 Å². The van der Waals surface area contributed by atoms with Gasteiger partial charge in [0.25, 0.3) is 0 Å². The van der Waals surface area contributed by atoms with Crippen molar-refractivity contribution in [2.75, 3.05) is 36.0 Å². The molecule has 0 saturated carbocycles. The molecule has 0 bridgehead atoms. The smallest absolute Gasteiger partial charge is 0.324 e. The Kier molecular flexibility index (Phi) is 7.83. The third-order valence-corrected chi connectivity index (χ3v) is 7.83. The molecule has 10 heteroatoms. The van der Waals surface area contributed by atoms with Crippen molar-refractivity contribution in [1.29, 1.82) is 0 Å². The second-order valence-electron chi connectivity index (χ2n) is 10.9. The fourth-order valence-corrected chi connectivity index (χ4v) is 5.56. The van der Waals surface area contributed by atoms with E-state index < -0.39 is 11.6 Å². The van der Waals surface area contributed by atoms with Crippen LogP contribution in [0.3, 0.4) is 0 Å². The summed E-state index contributed by atoms with van der Waals surface area (Å²) in [4.78, 5) is 13.3. The van der Waals surface area contributed by atoms with Crippen LogP contribution in [0, 0.1) is 24.5 Å². The van der Waals surface area contributed by atoms with Gasteiger partial charge in [-0.05, 0) is 49.1 Å². The molecule has 2 fully saturated rings. The lowest BCUT2D eigenvalue weighted by atomic mass is 9.91. The van der Waals surface area contributed by atoms with E-state index >= 15 is 0 Å². The molecule has 0 amide bonds. The number of aromatic nitrogens is 3. The van der Waals surface area contributed by atoms with Crippen LogP contribution in [0.5, 0.6) is 5.88 Å². The number of hydrogen-bond acceptors (Lipinski definition) is 8. The Morgan fingerprint density at radius 1 is 1.15 bits per heavy atom. The summed E-state index contributed by atoms with van der Waals surface area (Å²) in [6.45, 7) is 12.7. The van der Waals surface area contributed by atoms with E-state index in [-0.39, 0.29) is 29.9 Å². The number of halogens is 2. The lowest BCUT2D eigenvalue weighted by Gasteiger charge is -2.33. The van der Waals surface area contributed by atoms with E-state index in [1.165, 1.54) is 6.07 Å². The zero-order valence-electron chi connectivity index (χ0n) is 22.7. The molecule has 3 atom stereocenters. The van der Waals surface area contributed by atoms with Crippen molar-refractivity contribution in [2.24, 2.45) is 11.7 Å². The SMILES string of the molecule is C=CC(Oc1cc(C)c(N2CC(N)C(c3cc(F)ccc3F)C2)cn1)C1CCN(c2nc(C(C)C)no2)CC1. The lowest BCUT2D eigenvalue weighted by Crippen LogP contribution is -2.39. The van der Waals surface area contributed by atoms with Crippen LogP contribution in [0.25, 0.3) is 0 Å². The Labute approximate surface area is 227 Å². The number of pyridine rings is 1. The fraction of sp³-hybridized carbons (Fsp3) is 0.483. The first kappa shape index (κ1) is 27.1. The predicted molar refractivity (Wildman–Crippen MR) is 146 cm³/mol. The quantitative estimate of drug-likeness (QED) is 0.403. The Hall–Kier alpha value is -3.53. The molecule has 2 aliphatic rings. The van der Waals surface area contributed by atoms with E-state index in [1.54, 1.807) is 6.20 Å². The van der Waals surface area contributed by atoms with Gasteiger partial charge in [-0.3, -0.25) is 0 Å². The van der Waals surface area contributed by atoms with E-state index in [9.17, 15) is 8.78 Å². The first-order valence-electron chi connectivity index (χ1n) is 13.5. The Morgan fingerprint density at radius 3 is 2.59 bits per heavy atom. The van der Waals surface area contributed by atoms with Crippen molar-refractivity contribution in [3.63, 3.8) is 0 Å². The maximum absolute atomic E-state index is 14.4. The fourth-order valence-electron chi connectivity index (χ4n) is 5.56. The van der Waals surface area contributed by atoms with Gasteiger partial charge in [0.05, 0.1) is 11.9 Å². The molecule has 5 rings (SSSR count). The third kappa shape index (κ3) is 5.75. The zero-order valence-corrected chi connectivity index (χ0v) is 22.7. The van der Waals surface area contributed by atoms with Gasteiger partial charge in [0, 0.05) is 56.0 Å². The van der Waals surface area contributed by atoms with Crippen LogP contribution in [0.1, 0.15) is 55.5 Å². The van der Waals surface area contributed by atoms with Gasteiger partial charge in [-0.1, -0.05) is 31.7 Å². The van der Waals surface area contributed by atoms with Crippen LogP contribution in [0.2, 0.25) is 0 Å². The predicted octanol–water partition coefficient (Wildman–Crippen LogP) is 4.96. The molecular weight excluding hydrogens is 502 g/mol. The van der Waals surface area contributed by atoms with Gasteiger partial charge in [-0.25, -0.2) is 13.8 Å². The van der Waals surface area contributed by atoms with Crippen molar-refractivity contribution in [2.45, 2.75) is 57.6 Å². The van der Waals surface area contributed by atoms with Crippen LogP contribution in [0.4, 0.5) is 20.5 Å². The third-order valence-electron chi connectivity index (χ3n) is 7.83. The average molecular weight is 539 g/mol. The van der Waals surface area contributed by atoms with E-state index in [1.807, 2.05) is 32.9 Å². The summed E-state index contributed by atoms with van der Waals surface area (Å²) in [5, 5.41) is 4.07. The Balaban J connectivity index is 1.21. The van der Waals surface area contributed by atoms with Gasteiger partial charge in [-0.2, -0.15) is 4.98 Å². The molecule has 3 unspecified atom stereocenters. The van der Waals surface area contributed by atoms with Crippen molar-refractivity contribution >= 4 is 11.7 Å². The van der Waals surface area contributed by atoms with Gasteiger partial charge in [0.2, 0.25) is 5.88 Å². The number of nitrogens with zero attached hydrogens (tertiary/aromatic N) is 5. The number of rotatable bonds is 8. The molecule has 2 aromatic heterocycles.